The second-order valence-electron chi connectivity index (χ2n) is 15.1. The van der Waals surface area contributed by atoms with Gasteiger partial charge < -0.3 is 19.1 Å². The van der Waals surface area contributed by atoms with Gasteiger partial charge in [-0.2, -0.15) is 0 Å². The molecule has 4 aromatic rings. The van der Waals surface area contributed by atoms with E-state index < -0.39 is 26.6 Å². The number of pyridine rings is 1. The van der Waals surface area contributed by atoms with Crippen LogP contribution < -0.4 is 14.4 Å². The molecule has 7 rings (SSSR count). The van der Waals surface area contributed by atoms with Crippen LogP contribution >= 0.6 is 0 Å². The van der Waals surface area contributed by atoms with Gasteiger partial charge in [0.05, 0.1) is 23.5 Å². The molecule has 2 saturated carbocycles. The minimum atomic E-state index is -3.72. The van der Waals surface area contributed by atoms with E-state index in [4.69, 9.17) is 4.74 Å². The Bertz CT molecular complexity index is 2040. The molecule has 0 radical (unpaired) electrons. The zero-order valence-electron chi connectivity index (χ0n) is 30.2. The molecule has 1 aliphatic heterocycles. The summed E-state index contributed by atoms with van der Waals surface area (Å²) < 4.78 is 35.7. The van der Waals surface area contributed by atoms with Crippen molar-refractivity contribution in [1.82, 2.24) is 19.2 Å². The molecule has 0 bridgehead atoms. The normalized spacial score (nSPS) is 17.5. The number of methoxy groups -OCH3 is 1. The van der Waals surface area contributed by atoms with Crippen LogP contribution in [0.4, 0.5) is 5.82 Å². The highest BCUT2D eigenvalue weighted by Gasteiger charge is 2.39. The van der Waals surface area contributed by atoms with Crippen LogP contribution in [0, 0.1) is 12.3 Å². The number of aromatic nitrogens is 2. The van der Waals surface area contributed by atoms with E-state index in [1.54, 1.807) is 19.4 Å². The van der Waals surface area contributed by atoms with Gasteiger partial charge >= 0.3 is 0 Å². The van der Waals surface area contributed by atoms with Crippen LogP contribution in [-0.2, 0) is 21.4 Å². The summed E-state index contributed by atoms with van der Waals surface area (Å²) in [5, 5.41) is 0.537. The average Bonchev–Trinajstić information content (AvgIpc) is 3.96. The standard InChI is InChI=1S/C40H49N5O5S/c1-27-24-30(50-4)14-18-32(27)37-36(28-10-6-5-7-11-28)33-17-13-29(38(46)42-51(48,49)31-15-16-31)25-34(33)45(37)26-40(2,3)39(47)44-22-20-43(21-23-44)35-12-8-9-19-41-35/h8-9,12-14,17-19,24-25,28,31H,5-7,10-11,15-16,20-23,26H2,1-4H3,(H,42,46). The second kappa shape index (κ2) is 14.0. The predicted octanol–water partition coefficient (Wildman–Crippen LogP) is 6.67. The molecule has 3 aliphatic rings. The van der Waals surface area contributed by atoms with Crippen LogP contribution in [-0.4, -0.2) is 73.2 Å². The molecule has 0 spiro atoms. The van der Waals surface area contributed by atoms with Crippen molar-refractivity contribution >= 4 is 38.6 Å². The number of carbonyl (C=O) groups excluding carboxylic acids is 2. The summed E-state index contributed by atoms with van der Waals surface area (Å²) in [5.41, 5.74) is 4.72. The molecule has 0 atom stereocenters. The fourth-order valence-electron chi connectivity index (χ4n) is 8.03. The van der Waals surface area contributed by atoms with Gasteiger partial charge in [0.2, 0.25) is 15.9 Å². The van der Waals surface area contributed by atoms with Crippen molar-refractivity contribution in [2.24, 2.45) is 5.41 Å². The Morgan fingerprint density at radius 2 is 1.69 bits per heavy atom. The number of piperazine rings is 1. The predicted molar refractivity (Wildman–Crippen MR) is 201 cm³/mol. The Balaban J connectivity index is 1.31. The molecule has 2 aromatic carbocycles. The number of benzene rings is 2. The molecule has 11 heteroatoms. The van der Waals surface area contributed by atoms with E-state index in [1.165, 1.54) is 12.0 Å². The van der Waals surface area contributed by atoms with E-state index in [9.17, 15) is 18.0 Å². The van der Waals surface area contributed by atoms with Crippen molar-refractivity contribution in [3.63, 3.8) is 0 Å². The molecule has 51 heavy (non-hydrogen) atoms. The van der Waals surface area contributed by atoms with Gasteiger partial charge in [0.1, 0.15) is 11.6 Å². The van der Waals surface area contributed by atoms with Crippen LogP contribution in [0.5, 0.6) is 5.75 Å². The topological polar surface area (TPSA) is 114 Å². The zero-order valence-corrected chi connectivity index (χ0v) is 31.0. The first-order valence-electron chi connectivity index (χ1n) is 18.3. The number of hydrogen-bond acceptors (Lipinski definition) is 7. The second-order valence-corrected chi connectivity index (χ2v) is 17.1. The smallest absolute Gasteiger partial charge is 0.264 e. The quantitative estimate of drug-likeness (QED) is 0.196. The van der Waals surface area contributed by atoms with Gasteiger partial charge in [0, 0.05) is 61.0 Å². The number of amides is 2. The van der Waals surface area contributed by atoms with Crippen LogP contribution in [0.2, 0.25) is 0 Å². The molecule has 1 N–H and O–H groups in total. The molecule has 0 unspecified atom stereocenters. The van der Waals surface area contributed by atoms with E-state index in [1.807, 2.05) is 61.2 Å². The molecular weight excluding hydrogens is 663 g/mol. The van der Waals surface area contributed by atoms with Gasteiger partial charge in [0.15, 0.2) is 0 Å². The molecular formula is C40H49N5O5S. The maximum atomic E-state index is 14.4. The number of sulfonamides is 1. The third kappa shape index (κ3) is 7.09. The number of nitrogens with one attached hydrogen (secondary N) is 1. The monoisotopic (exact) mass is 711 g/mol. The number of hydrogen-bond donors (Lipinski definition) is 1. The third-order valence-corrected chi connectivity index (χ3v) is 12.8. The van der Waals surface area contributed by atoms with Crippen LogP contribution in [0.3, 0.4) is 0 Å². The lowest BCUT2D eigenvalue weighted by Crippen LogP contribution is -2.53. The Morgan fingerprint density at radius 1 is 0.941 bits per heavy atom. The summed E-state index contributed by atoms with van der Waals surface area (Å²) >= 11 is 0. The fraction of sp³-hybridized carbons (Fsp3) is 0.475. The SMILES string of the molecule is COc1ccc(-c2c(C3CCCCC3)c3ccc(C(=O)NS(=O)(=O)C4CC4)cc3n2CC(C)(C)C(=O)N2CCN(c3ccccn3)CC2)c(C)c1. The van der Waals surface area contributed by atoms with Crippen molar-refractivity contribution in [2.45, 2.75) is 83.4 Å². The highest BCUT2D eigenvalue weighted by atomic mass is 32.2. The number of anilines is 1. The van der Waals surface area contributed by atoms with Gasteiger partial charge in [-0.1, -0.05) is 31.4 Å². The summed E-state index contributed by atoms with van der Waals surface area (Å²) in [6.45, 7) is 9.09. The summed E-state index contributed by atoms with van der Waals surface area (Å²) in [4.78, 5) is 36.6. The van der Waals surface area contributed by atoms with Crippen molar-refractivity contribution in [3.8, 4) is 17.0 Å². The first-order valence-corrected chi connectivity index (χ1v) is 19.8. The van der Waals surface area contributed by atoms with Crippen molar-refractivity contribution in [1.29, 1.82) is 0 Å². The van der Waals surface area contributed by atoms with Gasteiger partial charge in [0.25, 0.3) is 5.91 Å². The molecule has 1 saturated heterocycles. The Labute approximate surface area is 301 Å². The van der Waals surface area contributed by atoms with E-state index in [0.717, 1.165) is 65.0 Å². The van der Waals surface area contributed by atoms with Crippen molar-refractivity contribution in [3.05, 3.63) is 77.5 Å². The number of carbonyl (C=O) groups is 2. The third-order valence-electron chi connectivity index (χ3n) is 10.9. The van der Waals surface area contributed by atoms with E-state index in [-0.39, 0.29) is 11.5 Å². The minimum Gasteiger partial charge on any atom is -0.497 e. The Kier molecular flexibility index (Phi) is 9.60. The van der Waals surface area contributed by atoms with Crippen LogP contribution in [0.25, 0.3) is 22.2 Å². The lowest BCUT2D eigenvalue weighted by molar-refractivity contribution is -0.141. The van der Waals surface area contributed by atoms with E-state index in [0.29, 0.717) is 51.5 Å². The minimum absolute atomic E-state index is 0.0751. The zero-order chi connectivity index (χ0) is 35.9. The number of fused-ring (bicyclic) bond motifs is 1. The van der Waals surface area contributed by atoms with Crippen LogP contribution in [0.1, 0.15) is 86.2 Å². The van der Waals surface area contributed by atoms with Gasteiger partial charge in [-0.3, -0.25) is 9.59 Å². The lowest BCUT2D eigenvalue weighted by atomic mass is 9.81. The number of ether oxygens (including phenoxy) is 1. The number of aryl methyl sites for hydroxylation is 1. The molecule has 2 aromatic heterocycles. The summed E-state index contributed by atoms with van der Waals surface area (Å²) in [5.74, 6) is 1.45. The van der Waals surface area contributed by atoms with Crippen molar-refractivity contribution < 1.29 is 22.7 Å². The highest BCUT2D eigenvalue weighted by Crippen LogP contribution is 2.46. The fourth-order valence-corrected chi connectivity index (χ4v) is 9.33. The Morgan fingerprint density at radius 3 is 2.33 bits per heavy atom. The first kappa shape index (κ1) is 35.0. The average molecular weight is 712 g/mol. The lowest BCUT2D eigenvalue weighted by Gasteiger charge is -2.39. The largest absolute Gasteiger partial charge is 0.497 e. The van der Waals surface area contributed by atoms with E-state index in [2.05, 4.69) is 32.2 Å². The van der Waals surface area contributed by atoms with Gasteiger partial charge in [-0.25, -0.2) is 18.1 Å². The van der Waals surface area contributed by atoms with Gasteiger partial charge in [-0.15, -0.1) is 0 Å². The Hall–Kier alpha value is -4.38. The van der Waals surface area contributed by atoms with E-state index >= 15 is 0 Å². The summed E-state index contributed by atoms with van der Waals surface area (Å²) in [7, 11) is -2.06. The van der Waals surface area contributed by atoms with Crippen LogP contribution in [0.15, 0.2) is 60.8 Å². The van der Waals surface area contributed by atoms with Gasteiger partial charge in [-0.05, 0) is 106 Å². The molecule has 2 amide bonds. The summed E-state index contributed by atoms with van der Waals surface area (Å²) in [6, 6.07) is 17.6. The molecule has 2 aliphatic carbocycles. The van der Waals surface area contributed by atoms with Crippen molar-refractivity contribution in [2.75, 3.05) is 38.2 Å². The number of nitrogens with zero attached hydrogens (tertiary/aromatic N) is 4. The highest BCUT2D eigenvalue weighted by molar-refractivity contribution is 7.91. The summed E-state index contributed by atoms with van der Waals surface area (Å²) in [6.07, 6.45) is 8.56. The molecule has 3 fully saturated rings. The maximum absolute atomic E-state index is 14.4. The molecule has 3 heterocycles. The molecule has 10 nitrogen and oxygen atoms in total. The molecule has 270 valence electrons. The number of rotatable bonds is 10. The first-order chi connectivity index (χ1) is 24.5. The maximum Gasteiger partial charge on any atom is 0.264 e.